The molecule has 0 bridgehead atoms. The smallest absolute Gasteiger partial charge is 0.326 e. The van der Waals surface area contributed by atoms with Gasteiger partial charge in [0.25, 0.3) is 0 Å². The van der Waals surface area contributed by atoms with E-state index in [1.54, 1.807) is 11.9 Å². The molecule has 1 amide bonds. The largest absolute Gasteiger partial charge is 0.343 e. The van der Waals surface area contributed by atoms with Gasteiger partial charge in [0.2, 0.25) is 5.91 Å². The van der Waals surface area contributed by atoms with Crippen molar-refractivity contribution in [2.45, 2.75) is 6.54 Å². The zero-order valence-electron chi connectivity index (χ0n) is 11.5. The van der Waals surface area contributed by atoms with Crippen molar-refractivity contribution in [2.24, 2.45) is 0 Å². The molecule has 0 spiro atoms. The number of carbonyl (C=O) groups is 1. The monoisotopic (exact) mass is 298 g/mol. The Bertz CT molecular complexity index is 635. The number of nitrogens with zero attached hydrogens (tertiary/aromatic N) is 2. The van der Waals surface area contributed by atoms with Gasteiger partial charge in [-0.2, -0.15) is 0 Å². The highest BCUT2D eigenvalue weighted by molar-refractivity contribution is 5.85. The second-order valence-corrected chi connectivity index (χ2v) is 4.45. The SMILES string of the molecule is CNCCN(C)C(=O)Cn1c(=O)[nH]c2ccccc21.Cl. The number of carbonyl (C=O) groups excluding carboxylic acids is 1. The zero-order chi connectivity index (χ0) is 13.8. The maximum atomic E-state index is 12.0. The van der Waals surface area contributed by atoms with Crippen LogP contribution in [0.15, 0.2) is 29.1 Å². The third kappa shape index (κ3) is 3.40. The Labute approximate surface area is 123 Å². The first kappa shape index (κ1) is 16.3. The number of imidazole rings is 1. The minimum Gasteiger partial charge on any atom is -0.343 e. The van der Waals surface area contributed by atoms with E-state index >= 15 is 0 Å². The van der Waals surface area contributed by atoms with Crippen molar-refractivity contribution in [3.63, 3.8) is 0 Å². The van der Waals surface area contributed by atoms with Gasteiger partial charge in [0.1, 0.15) is 6.54 Å². The minimum absolute atomic E-state index is 0. The van der Waals surface area contributed by atoms with Crippen LogP contribution in [0.2, 0.25) is 0 Å². The molecule has 20 heavy (non-hydrogen) atoms. The van der Waals surface area contributed by atoms with Crippen LogP contribution in [0.5, 0.6) is 0 Å². The van der Waals surface area contributed by atoms with Crippen LogP contribution in [-0.2, 0) is 11.3 Å². The Morgan fingerprint density at radius 3 is 2.80 bits per heavy atom. The van der Waals surface area contributed by atoms with E-state index in [2.05, 4.69) is 10.3 Å². The molecule has 7 heteroatoms. The Balaban J connectivity index is 0.00000200. The molecule has 6 nitrogen and oxygen atoms in total. The molecule has 2 N–H and O–H groups in total. The summed E-state index contributed by atoms with van der Waals surface area (Å²) in [5.41, 5.74) is 1.25. The van der Waals surface area contributed by atoms with Gasteiger partial charge in [0.15, 0.2) is 0 Å². The van der Waals surface area contributed by atoms with Gasteiger partial charge in [0, 0.05) is 20.1 Å². The molecule has 0 saturated heterocycles. The average Bonchev–Trinajstić information content (AvgIpc) is 2.72. The molecular weight excluding hydrogens is 280 g/mol. The van der Waals surface area contributed by atoms with Crippen LogP contribution in [0, 0.1) is 0 Å². The number of nitrogens with one attached hydrogen (secondary N) is 2. The van der Waals surface area contributed by atoms with Crippen LogP contribution < -0.4 is 11.0 Å². The van der Waals surface area contributed by atoms with E-state index in [1.807, 2.05) is 31.3 Å². The summed E-state index contributed by atoms with van der Waals surface area (Å²) in [4.78, 5) is 28.2. The maximum Gasteiger partial charge on any atom is 0.326 e. The molecule has 1 aromatic carbocycles. The van der Waals surface area contributed by atoms with Crippen molar-refractivity contribution < 1.29 is 4.79 Å². The molecule has 1 aromatic heterocycles. The minimum atomic E-state index is -0.253. The number of hydrogen-bond donors (Lipinski definition) is 2. The average molecular weight is 299 g/mol. The highest BCUT2D eigenvalue weighted by Gasteiger charge is 2.13. The summed E-state index contributed by atoms with van der Waals surface area (Å²) in [5, 5.41) is 2.98. The quantitative estimate of drug-likeness (QED) is 0.841. The summed E-state index contributed by atoms with van der Waals surface area (Å²) in [6, 6.07) is 7.35. The van der Waals surface area contributed by atoms with Gasteiger partial charge in [-0.1, -0.05) is 12.1 Å². The zero-order valence-corrected chi connectivity index (χ0v) is 12.4. The first-order chi connectivity index (χ1) is 9.13. The predicted octanol–water partition coefficient (Wildman–Crippen LogP) is 0.429. The molecular formula is C13H19ClN4O2. The number of hydrogen-bond acceptors (Lipinski definition) is 3. The Kier molecular flexibility index (Phi) is 5.79. The van der Waals surface area contributed by atoms with Crippen molar-refractivity contribution >= 4 is 29.3 Å². The van der Waals surface area contributed by atoms with Gasteiger partial charge in [-0.25, -0.2) is 4.79 Å². The first-order valence-corrected chi connectivity index (χ1v) is 6.19. The van der Waals surface area contributed by atoms with Gasteiger partial charge in [-0.3, -0.25) is 9.36 Å². The number of fused-ring (bicyclic) bond motifs is 1. The molecule has 0 aliphatic rings. The summed E-state index contributed by atoms with van der Waals surface area (Å²) in [6.07, 6.45) is 0. The van der Waals surface area contributed by atoms with Crippen LogP contribution in [0.4, 0.5) is 0 Å². The molecule has 2 rings (SSSR count). The number of benzene rings is 1. The van der Waals surface area contributed by atoms with Crippen molar-refractivity contribution in [3.05, 3.63) is 34.7 Å². The molecule has 2 aromatic rings. The van der Waals surface area contributed by atoms with Crippen molar-refractivity contribution in [3.8, 4) is 0 Å². The summed E-state index contributed by atoms with van der Waals surface area (Å²) in [7, 11) is 3.57. The fourth-order valence-electron chi connectivity index (χ4n) is 1.92. The Morgan fingerprint density at radius 2 is 2.10 bits per heavy atom. The Morgan fingerprint density at radius 1 is 1.40 bits per heavy atom. The summed E-state index contributed by atoms with van der Waals surface area (Å²) < 4.78 is 1.47. The summed E-state index contributed by atoms with van der Waals surface area (Å²) >= 11 is 0. The molecule has 0 aliphatic carbocycles. The number of H-pyrrole nitrogens is 1. The van der Waals surface area contributed by atoms with Gasteiger partial charge >= 0.3 is 5.69 Å². The molecule has 0 saturated carbocycles. The summed E-state index contributed by atoms with van der Waals surface area (Å²) in [5.74, 6) is -0.0814. The van der Waals surface area contributed by atoms with E-state index in [4.69, 9.17) is 0 Å². The molecule has 1 heterocycles. The standard InChI is InChI=1S/C13H18N4O2.ClH/c1-14-7-8-16(2)12(18)9-17-11-6-4-3-5-10(11)15-13(17)19;/h3-6,14H,7-9H2,1-2H3,(H,15,19);1H. The number of halogens is 1. The number of likely N-dealkylation sites (N-methyl/N-ethyl adjacent to an activating group) is 2. The van der Waals surface area contributed by atoms with Crippen molar-refractivity contribution in [1.29, 1.82) is 0 Å². The van der Waals surface area contributed by atoms with Crippen LogP contribution in [0.3, 0.4) is 0 Å². The number of aromatic amines is 1. The highest BCUT2D eigenvalue weighted by atomic mass is 35.5. The van der Waals surface area contributed by atoms with Crippen molar-refractivity contribution in [1.82, 2.24) is 19.8 Å². The van der Waals surface area contributed by atoms with E-state index in [1.165, 1.54) is 4.57 Å². The van der Waals surface area contributed by atoms with Crippen LogP contribution >= 0.6 is 12.4 Å². The molecule has 0 unspecified atom stereocenters. The van der Waals surface area contributed by atoms with Gasteiger partial charge in [-0.05, 0) is 19.2 Å². The first-order valence-electron chi connectivity index (χ1n) is 6.19. The van der Waals surface area contributed by atoms with E-state index in [-0.39, 0.29) is 30.5 Å². The maximum absolute atomic E-state index is 12.0. The third-order valence-electron chi connectivity index (χ3n) is 3.10. The van der Waals surface area contributed by atoms with Crippen LogP contribution in [0.1, 0.15) is 0 Å². The second-order valence-electron chi connectivity index (χ2n) is 4.45. The van der Waals surface area contributed by atoms with Crippen LogP contribution in [-0.4, -0.2) is 47.5 Å². The Hall–Kier alpha value is -1.79. The molecule has 110 valence electrons. The lowest BCUT2D eigenvalue weighted by atomic mass is 10.3. The number of para-hydroxylation sites is 2. The molecule has 0 radical (unpaired) electrons. The number of aromatic nitrogens is 2. The fourth-order valence-corrected chi connectivity index (χ4v) is 1.92. The highest BCUT2D eigenvalue weighted by Crippen LogP contribution is 2.08. The lowest BCUT2D eigenvalue weighted by molar-refractivity contribution is -0.130. The van der Waals surface area contributed by atoms with E-state index in [9.17, 15) is 9.59 Å². The molecule has 0 fully saturated rings. The molecule has 0 atom stereocenters. The summed E-state index contributed by atoms with van der Waals surface area (Å²) in [6.45, 7) is 1.40. The third-order valence-corrected chi connectivity index (χ3v) is 3.10. The topological polar surface area (TPSA) is 70.1 Å². The van der Waals surface area contributed by atoms with Crippen LogP contribution in [0.25, 0.3) is 11.0 Å². The van der Waals surface area contributed by atoms with Gasteiger partial charge in [-0.15, -0.1) is 12.4 Å². The normalized spacial score (nSPS) is 10.3. The molecule has 0 aliphatic heterocycles. The van der Waals surface area contributed by atoms with Gasteiger partial charge in [0.05, 0.1) is 11.0 Å². The number of amides is 1. The van der Waals surface area contributed by atoms with Gasteiger partial charge < -0.3 is 15.2 Å². The lowest BCUT2D eigenvalue weighted by Gasteiger charge is -2.17. The fraction of sp³-hybridized carbons (Fsp3) is 0.385. The lowest BCUT2D eigenvalue weighted by Crippen LogP contribution is -2.36. The second kappa shape index (κ2) is 7.12. The number of rotatable bonds is 5. The van der Waals surface area contributed by atoms with E-state index in [0.29, 0.717) is 6.54 Å². The van der Waals surface area contributed by atoms with E-state index in [0.717, 1.165) is 17.6 Å². The van der Waals surface area contributed by atoms with Crippen molar-refractivity contribution in [2.75, 3.05) is 27.2 Å². The van der Waals surface area contributed by atoms with E-state index < -0.39 is 0 Å². The predicted molar refractivity (Wildman–Crippen MR) is 81.4 cm³/mol.